The molecule has 2 amide bonds. The highest BCUT2D eigenvalue weighted by molar-refractivity contribution is 6.34. The maximum Gasteiger partial charge on any atom is 0.265 e. The molecule has 0 spiro atoms. The van der Waals surface area contributed by atoms with Crippen molar-refractivity contribution in [2.75, 3.05) is 6.61 Å². The zero-order chi connectivity index (χ0) is 15.1. The zero-order valence-corrected chi connectivity index (χ0v) is 11.9. The van der Waals surface area contributed by atoms with E-state index >= 15 is 0 Å². The quantitative estimate of drug-likeness (QED) is 0.551. The van der Waals surface area contributed by atoms with E-state index in [0.29, 0.717) is 16.3 Å². The van der Waals surface area contributed by atoms with Crippen LogP contribution in [0.1, 0.15) is 19.4 Å². The van der Waals surface area contributed by atoms with Gasteiger partial charge in [0.1, 0.15) is 6.04 Å². The molecule has 1 rings (SSSR count). The van der Waals surface area contributed by atoms with Crippen molar-refractivity contribution in [2.24, 2.45) is 5.10 Å². The van der Waals surface area contributed by atoms with Gasteiger partial charge in [0.15, 0.2) is 0 Å². The minimum atomic E-state index is -1.03. The van der Waals surface area contributed by atoms with E-state index in [1.165, 1.54) is 6.92 Å². The van der Waals surface area contributed by atoms with Gasteiger partial charge in [0.2, 0.25) is 5.91 Å². The third-order valence-electron chi connectivity index (χ3n) is 2.47. The van der Waals surface area contributed by atoms with Gasteiger partial charge in [0, 0.05) is 17.5 Å². The maximum atomic E-state index is 11.7. The monoisotopic (exact) mass is 297 g/mol. The maximum absolute atomic E-state index is 11.7. The number of benzene rings is 1. The number of hydrogen-bond donors (Lipinski definition) is 3. The summed E-state index contributed by atoms with van der Waals surface area (Å²) in [7, 11) is 0. The van der Waals surface area contributed by atoms with Crippen molar-refractivity contribution >= 4 is 29.1 Å². The van der Waals surface area contributed by atoms with Crippen molar-refractivity contribution in [3.8, 4) is 0 Å². The van der Waals surface area contributed by atoms with Crippen LogP contribution in [0.3, 0.4) is 0 Å². The van der Waals surface area contributed by atoms with Crippen molar-refractivity contribution in [1.29, 1.82) is 0 Å². The van der Waals surface area contributed by atoms with Crippen LogP contribution in [0.4, 0.5) is 0 Å². The van der Waals surface area contributed by atoms with Gasteiger partial charge in [-0.3, -0.25) is 9.59 Å². The third-order valence-corrected chi connectivity index (χ3v) is 2.80. The number of amides is 2. The molecule has 1 aromatic rings. The van der Waals surface area contributed by atoms with Crippen molar-refractivity contribution < 1.29 is 14.7 Å². The predicted octanol–water partition coefficient (Wildman–Crippen LogP) is 0.677. The van der Waals surface area contributed by atoms with Gasteiger partial charge >= 0.3 is 0 Å². The lowest BCUT2D eigenvalue weighted by molar-refractivity contribution is -0.129. The first-order valence-electron chi connectivity index (χ1n) is 5.92. The topological polar surface area (TPSA) is 90.8 Å². The van der Waals surface area contributed by atoms with E-state index in [-0.39, 0.29) is 0 Å². The van der Waals surface area contributed by atoms with E-state index in [1.807, 2.05) is 0 Å². The Labute approximate surface area is 121 Å². The number of carbonyl (C=O) groups excluding carboxylic acids is 2. The van der Waals surface area contributed by atoms with Crippen LogP contribution in [0.5, 0.6) is 0 Å². The second-order valence-corrected chi connectivity index (χ2v) is 4.50. The Morgan fingerprint density at radius 3 is 2.55 bits per heavy atom. The molecule has 1 aromatic carbocycles. The van der Waals surface area contributed by atoms with E-state index in [2.05, 4.69) is 15.8 Å². The Hall–Kier alpha value is -1.92. The summed E-state index contributed by atoms with van der Waals surface area (Å²) in [5, 5.41) is 15.8. The number of halogens is 1. The fourth-order valence-corrected chi connectivity index (χ4v) is 1.74. The molecule has 0 saturated heterocycles. The molecule has 0 aliphatic heterocycles. The minimum absolute atomic E-state index is 0.411. The fraction of sp³-hybridized carbons (Fsp3) is 0.308. The lowest BCUT2D eigenvalue weighted by Crippen LogP contribution is -2.47. The summed E-state index contributed by atoms with van der Waals surface area (Å²) in [6, 6.07) is 6.04. The first kappa shape index (κ1) is 16.1. The van der Waals surface area contributed by atoms with Crippen LogP contribution in [0.2, 0.25) is 5.02 Å². The Bertz CT molecular complexity index is 531. The molecule has 0 heterocycles. The number of carbonyl (C=O) groups is 2. The molecule has 1 atom stereocenters. The van der Waals surface area contributed by atoms with Crippen LogP contribution >= 0.6 is 11.6 Å². The van der Waals surface area contributed by atoms with Crippen LogP contribution in [-0.2, 0) is 9.59 Å². The SMILES string of the molecule is CC(=O)N[C@@H](CO)C(=O)N/N=C(\C)c1ccccc1Cl. The van der Waals surface area contributed by atoms with E-state index in [9.17, 15) is 9.59 Å². The van der Waals surface area contributed by atoms with Gasteiger partial charge in [-0.25, -0.2) is 5.43 Å². The number of hydrogen-bond acceptors (Lipinski definition) is 4. The zero-order valence-electron chi connectivity index (χ0n) is 11.2. The summed E-state index contributed by atoms with van der Waals surface area (Å²) in [5.41, 5.74) is 3.49. The van der Waals surface area contributed by atoms with Gasteiger partial charge in [-0.2, -0.15) is 5.10 Å². The molecule has 7 heteroatoms. The molecule has 0 unspecified atom stereocenters. The summed E-state index contributed by atoms with van der Waals surface area (Å²) >= 11 is 6.00. The van der Waals surface area contributed by atoms with Gasteiger partial charge < -0.3 is 10.4 Å². The molecule has 0 aromatic heterocycles. The van der Waals surface area contributed by atoms with Gasteiger partial charge in [-0.1, -0.05) is 29.8 Å². The van der Waals surface area contributed by atoms with Crippen LogP contribution in [0, 0.1) is 0 Å². The Kier molecular flexibility index (Phi) is 6.14. The van der Waals surface area contributed by atoms with Gasteiger partial charge in [0.25, 0.3) is 5.91 Å². The highest BCUT2D eigenvalue weighted by atomic mass is 35.5. The predicted molar refractivity (Wildman–Crippen MR) is 76.5 cm³/mol. The van der Waals surface area contributed by atoms with E-state index in [1.54, 1.807) is 31.2 Å². The summed E-state index contributed by atoms with van der Waals surface area (Å²) in [6.07, 6.45) is 0. The number of hydrazone groups is 1. The Morgan fingerprint density at radius 2 is 2.00 bits per heavy atom. The van der Waals surface area contributed by atoms with Crippen LogP contribution in [0.25, 0.3) is 0 Å². The second kappa shape index (κ2) is 7.62. The average molecular weight is 298 g/mol. The largest absolute Gasteiger partial charge is 0.394 e. The number of rotatable bonds is 5. The van der Waals surface area contributed by atoms with Gasteiger partial charge in [-0.05, 0) is 13.0 Å². The highest BCUT2D eigenvalue weighted by Crippen LogP contribution is 2.15. The molecule has 6 nitrogen and oxygen atoms in total. The number of nitrogens with one attached hydrogen (secondary N) is 2. The van der Waals surface area contributed by atoms with Crippen LogP contribution in [0.15, 0.2) is 29.4 Å². The number of aliphatic hydroxyl groups is 1. The molecule has 0 bridgehead atoms. The third kappa shape index (κ3) is 4.64. The van der Waals surface area contributed by atoms with Crippen LogP contribution < -0.4 is 10.7 Å². The molecular weight excluding hydrogens is 282 g/mol. The molecule has 0 saturated carbocycles. The number of nitrogens with zero attached hydrogens (tertiary/aromatic N) is 1. The summed E-state index contributed by atoms with van der Waals surface area (Å²) in [6.45, 7) is 2.44. The fourth-order valence-electron chi connectivity index (χ4n) is 1.47. The highest BCUT2D eigenvalue weighted by Gasteiger charge is 2.17. The van der Waals surface area contributed by atoms with E-state index < -0.39 is 24.5 Å². The molecule has 0 radical (unpaired) electrons. The molecule has 0 aliphatic rings. The van der Waals surface area contributed by atoms with Crippen molar-refractivity contribution in [3.63, 3.8) is 0 Å². The van der Waals surface area contributed by atoms with E-state index in [4.69, 9.17) is 16.7 Å². The Balaban J connectivity index is 2.73. The summed E-state index contributed by atoms with van der Waals surface area (Å²) in [5.74, 6) is -1.01. The first-order chi connectivity index (χ1) is 9.45. The Morgan fingerprint density at radius 1 is 1.35 bits per heavy atom. The molecule has 0 aliphatic carbocycles. The lowest BCUT2D eigenvalue weighted by atomic mass is 10.1. The number of aliphatic hydroxyl groups excluding tert-OH is 1. The van der Waals surface area contributed by atoms with E-state index in [0.717, 1.165) is 0 Å². The average Bonchev–Trinajstić information content (AvgIpc) is 2.42. The van der Waals surface area contributed by atoms with Gasteiger partial charge in [0.05, 0.1) is 12.3 Å². The smallest absolute Gasteiger partial charge is 0.265 e. The summed E-state index contributed by atoms with van der Waals surface area (Å²) < 4.78 is 0. The van der Waals surface area contributed by atoms with Crippen molar-refractivity contribution in [2.45, 2.75) is 19.9 Å². The second-order valence-electron chi connectivity index (χ2n) is 4.09. The van der Waals surface area contributed by atoms with Crippen LogP contribution in [-0.4, -0.2) is 35.3 Å². The normalized spacial score (nSPS) is 12.7. The molecular formula is C13H16ClN3O3. The first-order valence-corrected chi connectivity index (χ1v) is 6.30. The van der Waals surface area contributed by atoms with Crippen molar-refractivity contribution in [3.05, 3.63) is 34.9 Å². The minimum Gasteiger partial charge on any atom is -0.394 e. The lowest BCUT2D eigenvalue weighted by Gasteiger charge is -2.13. The summed E-state index contributed by atoms with van der Waals surface area (Å²) in [4.78, 5) is 22.6. The molecule has 3 N–H and O–H groups in total. The van der Waals surface area contributed by atoms with Crippen molar-refractivity contribution in [1.82, 2.24) is 10.7 Å². The molecule has 0 fully saturated rings. The van der Waals surface area contributed by atoms with Gasteiger partial charge in [-0.15, -0.1) is 0 Å². The molecule has 20 heavy (non-hydrogen) atoms. The molecule has 108 valence electrons. The standard InChI is InChI=1S/C13H16ClN3O3/c1-8(10-5-3-4-6-11(10)14)16-17-13(20)12(7-18)15-9(2)19/h3-6,12,18H,7H2,1-2H3,(H,15,19)(H,17,20)/b16-8+/t12-/m0/s1.